The fourth-order valence-corrected chi connectivity index (χ4v) is 2.09. The van der Waals surface area contributed by atoms with Crippen LogP contribution in [0.1, 0.15) is 5.82 Å². The average molecular weight is 358 g/mol. The second-order valence-corrected chi connectivity index (χ2v) is 5.24. The van der Waals surface area contributed by atoms with E-state index in [0.717, 1.165) is 14.6 Å². The molecule has 3 N–H and O–H groups in total. The lowest BCUT2D eigenvalue weighted by Gasteiger charge is -2.09. The molecule has 17 heavy (non-hydrogen) atoms. The largest absolute Gasteiger partial charge is 0.384 e. The smallest absolute Gasteiger partial charge is 0.136 e. The number of anilines is 3. The van der Waals surface area contributed by atoms with Crippen LogP contribution in [0.3, 0.4) is 0 Å². The molecule has 88 valence electrons. The van der Waals surface area contributed by atoms with Crippen molar-refractivity contribution in [3.8, 4) is 0 Å². The maximum atomic E-state index is 5.67. The van der Waals surface area contributed by atoms with Gasteiger partial charge in [0.2, 0.25) is 0 Å². The molecule has 0 aliphatic rings. The number of nitrogens with two attached hydrogens (primary N) is 1. The van der Waals surface area contributed by atoms with E-state index in [9.17, 15) is 0 Å². The minimum Gasteiger partial charge on any atom is -0.384 e. The summed E-state index contributed by atoms with van der Waals surface area (Å²) in [5.41, 5.74) is 6.58. The third-order valence-corrected chi connectivity index (χ3v) is 3.23. The first-order valence-electron chi connectivity index (χ1n) is 4.88. The fraction of sp³-hybridized carbons (Fsp3) is 0.0909. The van der Waals surface area contributed by atoms with Gasteiger partial charge in [-0.2, -0.15) is 0 Å². The number of rotatable bonds is 2. The zero-order chi connectivity index (χ0) is 12.4. The highest BCUT2D eigenvalue weighted by Gasteiger charge is 2.04. The van der Waals surface area contributed by atoms with Crippen LogP contribution >= 0.6 is 31.9 Å². The predicted octanol–water partition coefficient (Wildman–Crippen LogP) is 3.64. The van der Waals surface area contributed by atoms with Crippen LogP contribution in [0, 0.1) is 6.92 Å². The lowest BCUT2D eigenvalue weighted by Crippen LogP contribution is -2.01. The number of hydrogen-bond acceptors (Lipinski definition) is 4. The number of nitrogens with one attached hydrogen (secondary N) is 1. The number of nitrogen functional groups attached to an aromatic ring is 1. The zero-order valence-corrected chi connectivity index (χ0v) is 12.2. The van der Waals surface area contributed by atoms with Crippen molar-refractivity contribution in [1.82, 2.24) is 9.97 Å². The van der Waals surface area contributed by atoms with Gasteiger partial charge in [-0.05, 0) is 41.1 Å². The van der Waals surface area contributed by atoms with Gasteiger partial charge in [0.25, 0.3) is 0 Å². The van der Waals surface area contributed by atoms with Crippen molar-refractivity contribution in [2.24, 2.45) is 0 Å². The molecule has 2 aromatic rings. The van der Waals surface area contributed by atoms with Crippen LogP contribution in [0.4, 0.5) is 17.3 Å². The second-order valence-electron chi connectivity index (χ2n) is 3.47. The maximum Gasteiger partial charge on any atom is 0.136 e. The number of aryl methyl sites for hydroxylation is 1. The quantitative estimate of drug-likeness (QED) is 0.861. The van der Waals surface area contributed by atoms with Crippen molar-refractivity contribution in [3.05, 3.63) is 39.0 Å². The van der Waals surface area contributed by atoms with E-state index in [4.69, 9.17) is 5.73 Å². The summed E-state index contributed by atoms with van der Waals surface area (Å²) >= 11 is 6.89. The molecule has 1 aromatic heterocycles. The summed E-state index contributed by atoms with van der Waals surface area (Å²) in [6.45, 7) is 1.80. The van der Waals surface area contributed by atoms with Crippen LogP contribution < -0.4 is 11.1 Å². The van der Waals surface area contributed by atoms with Gasteiger partial charge in [-0.3, -0.25) is 0 Å². The first-order valence-corrected chi connectivity index (χ1v) is 6.46. The van der Waals surface area contributed by atoms with E-state index in [-0.39, 0.29) is 0 Å². The van der Waals surface area contributed by atoms with Gasteiger partial charge in [-0.1, -0.05) is 15.9 Å². The lowest BCUT2D eigenvalue weighted by atomic mass is 10.3. The number of halogens is 2. The molecule has 0 amide bonds. The summed E-state index contributed by atoms with van der Waals surface area (Å²) in [4.78, 5) is 8.28. The standard InChI is InChI=1S/C11H10Br2N4/c1-6-15-10(14)5-11(16-6)17-9-4-7(12)2-3-8(9)13/h2-5H,1H3,(H3,14,15,16,17). The molecule has 0 bridgehead atoms. The van der Waals surface area contributed by atoms with Crippen LogP contribution in [-0.4, -0.2) is 9.97 Å². The van der Waals surface area contributed by atoms with Crippen molar-refractivity contribution in [2.75, 3.05) is 11.1 Å². The summed E-state index contributed by atoms with van der Waals surface area (Å²) in [5.74, 6) is 1.76. The van der Waals surface area contributed by atoms with Gasteiger partial charge in [0, 0.05) is 15.0 Å². The topological polar surface area (TPSA) is 63.8 Å². The Morgan fingerprint density at radius 1 is 1.18 bits per heavy atom. The molecule has 0 spiro atoms. The first kappa shape index (κ1) is 12.3. The molecule has 0 saturated carbocycles. The molecular formula is C11H10Br2N4. The van der Waals surface area contributed by atoms with E-state index in [0.29, 0.717) is 17.5 Å². The molecule has 1 heterocycles. The Balaban J connectivity index is 2.34. The van der Waals surface area contributed by atoms with Crippen LogP contribution in [0.25, 0.3) is 0 Å². The summed E-state index contributed by atoms with van der Waals surface area (Å²) in [6.07, 6.45) is 0. The molecule has 0 atom stereocenters. The van der Waals surface area contributed by atoms with E-state index in [1.165, 1.54) is 0 Å². The third kappa shape index (κ3) is 3.17. The minimum atomic E-state index is 0.450. The Morgan fingerprint density at radius 3 is 2.65 bits per heavy atom. The number of hydrogen-bond donors (Lipinski definition) is 2. The van der Waals surface area contributed by atoms with Gasteiger partial charge in [0.1, 0.15) is 17.5 Å². The van der Waals surface area contributed by atoms with Gasteiger partial charge >= 0.3 is 0 Å². The Hall–Kier alpha value is -1.14. The van der Waals surface area contributed by atoms with Gasteiger partial charge in [-0.15, -0.1) is 0 Å². The van der Waals surface area contributed by atoms with E-state index in [1.54, 1.807) is 13.0 Å². The van der Waals surface area contributed by atoms with Crippen molar-refractivity contribution in [1.29, 1.82) is 0 Å². The van der Waals surface area contributed by atoms with Crippen LogP contribution in [-0.2, 0) is 0 Å². The molecular weight excluding hydrogens is 348 g/mol. The Morgan fingerprint density at radius 2 is 1.94 bits per heavy atom. The van der Waals surface area contributed by atoms with Crippen LogP contribution in [0.15, 0.2) is 33.2 Å². The lowest BCUT2D eigenvalue weighted by molar-refractivity contribution is 1.06. The van der Waals surface area contributed by atoms with E-state index >= 15 is 0 Å². The molecule has 6 heteroatoms. The molecule has 0 aliphatic carbocycles. The molecule has 0 unspecified atom stereocenters. The van der Waals surface area contributed by atoms with Crippen molar-refractivity contribution >= 4 is 49.2 Å². The number of aromatic nitrogens is 2. The van der Waals surface area contributed by atoms with Gasteiger partial charge in [0.15, 0.2) is 0 Å². The van der Waals surface area contributed by atoms with Crippen molar-refractivity contribution in [3.63, 3.8) is 0 Å². The van der Waals surface area contributed by atoms with E-state index < -0.39 is 0 Å². The maximum absolute atomic E-state index is 5.67. The predicted molar refractivity (Wildman–Crippen MR) is 76.3 cm³/mol. The fourth-order valence-electron chi connectivity index (χ4n) is 1.39. The Bertz CT molecular complexity index is 537. The highest BCUT2D eigenvalue weighted by atomic mass is 79.9. The molecule has 1 aromatic carbocycles. The monoisotopic (exact) mass is 356 g/mol. The molecule has 0 fully saturated rings. The molecule has 4 nitrogen and oxygen atoms in total. The normalized spacial score (nSPS) is 10.3. The van der Waals surface area contributed by atoms with E-state index in [1.807, 2.05) is 18.2 Å². The zero-order valence-electron chi connectivity index (χ0n) is 9.04. The number of nitrogens with zero attached hydrogens (tertiary/aromatic N) is 2. The van der Waals surface area contributed by atoms with Crippen molar-refractivity contribution in [2.45, 2.75) is 6.92 Å². The summed E-state index contributed by atoms with van der Waals surface area (Å²) in [7, 11) is 0. The molecule has 2 rings (SSSR count). The van der Waals surface area contributed by atoms with Crippen LogP contribution in [0.2, 0.25) is 0 Å². The second kappa shape index (κ2) is 5.01. The Kier molecular flexibility index (Phi) is 3.63. The number of benzene rings is 1. The molecule has 0 aliphatic heterocycles. The highest BCUT2D eigenvalue weighted by Crippen LogP contribution is 2.28. The summed E-state index contributed by atoms with van der Waals surface area (Å²) in [5, 5.41) is 3.19. The average Bonchev–Trinajstić information content (AvgIpc) is 2.22. The highest BCUT2D eigenvalue weighted by molar-refractivity contribution is 9.11. The van der Waals surface area contributed by atoms with Gasteiger partial charge in [-0.25, -0.2) is 9.97 Å². The third-order valence-electron chi connectivity index (χ3n) is 2.05. The first-order chi connectivity index (χ1) is 8.04. The summed E-state index contributed by atoms with van der Waals surface area (Å²) in [6, 6.07) is 7.55. The Labute approximate surface area is 116 Å². The van der Waals surface area contributed by atoms with Gasteiger partial charge in [0.05, 0.1) is 5.69 Å². The molecule has 0 saturated heterocycles. The van der Waals surface area contributed by atoms with Gasteiger partial charge < -0.3 is 11.1 Å². The SMILES string of the molecule is Cc1nc(N)cc(Nc2cc(Br)ccc2Br)n1. The van der Waals surface area contributed by atoms with Crippen LogP contribution in [0.5, 0.6) is 0 Å². The van der Waals surface area contributed by atoms with Crippen molar-refractivity contribution < 1.29 is 0 Å². The molecule has 0 radical (unpaired) electrons. The van der Waals surface area contributed by atoms with E-state index in [2.05, 4.69) is 47.1 Å². The summed E-state index contributed by atoms with van der Waals surface area (Å²) < 4.78 is 1.94. The minimum absolute atomic E-state index is 0.450.